The number of carbonyl (C=O) groups excluding carboxylic acids is 1. The Morgan fingerprint density at radius 3 is 2.07 bits per heavy atom. The number of anilines is 1. The molecule has 0 spiro atoms. The van der Waals surface area contributed by atoms with Crippen molar-refractivity contribution in [2.45, 2.75) is 40.0 Å². The molecule has 0 aliphatic heterocycles. The van der Waals surface area contributed by atoms with Gasteiger partial charge in [0.15, 0.2) is 0 Å². The third-order valence-corrected chi connectivity index (χ3v) is 7.46. The molecule has 1 heterocycles. The molecule has 0 unspecified atom stereocenters. The average Bonchev–Trinajstić information content (AvgIpc) is 2.51. The number of esters is 1. The summed E-state index contributed by atoms with van der Waals surface area (Å²) in [5.74, 6) is -0.560. The predicted octanol–water partition coefficient (Wildman–Crippen LogP) is 2.74. The standard InChI is InChI=1S/C19H26N2O6S2/c1-8-27-18(22)16-9-12(2)14-10-13(21(28(6,23)24)29(7,25)26)11-15(17(14)20-16)19(3,4)5/h9-11H,8H2,1-7H3. The topological polar surface area (TPSA) is 111 Å². The van der Waals surface area contributed by atoms with Gasteiger partial charge in [-0.15, -0.1) is 0 Å². The second kappa shape index (κ2) is 7.56. The number of pyridine rings is 1. The van der Waals surface area contributed by atoms with Crippen molar-refractivity contribution in [2.24, 2.45) is 0 Å². The lowest BCUT2D eigenvalue weighted by Gasteiger charge is -2.26. The first kappa shape index (κ1) is 23.1. The van der Waals surface area contributed by atoms with Gasteiger partial charge in [-0.1, -0.05) is 20.8 Å². The molecule has 0 bridgehead atoms. The Morgan fingerprint density at radius 2 is 1.62 bits per heavy atom. The van der Waals surface area contributed by atoms with Crippen molar-refractivity contribution in [1.29, 1.82) is 0 Å². The highest BCUT2D eigenvalue weighted by molar-refractivity contribution is 8.09. The van der Waals surface area contributed by atoms with Gasteiger partial charge in [0.25, 0.3) is 0 Å². The lowest BCUT2D eigenvalue weighted by Crippen LogP contribution is -2.35. The van der Waals surface area contributed by atoms with E-state index in [0.717, 1.165) is 12.5 Å². The van der Waals surface area contributed by atoms with Crippen molar-refractivity contribution in [2.75, 3.05) is 22.8 Å². The van der Waals surface area contributed by atoms with Crippen LogP contribution in [0.4, 0.5) is 5.69 Å². The maximum Gasteiger partial charge on any atom is 0.356 e. The Balaban J connectivity index is 2.97. The van der Waals surface area contributed by atoms with Gasteiger partial charge in [-0.05, 0) is 48.6 Å². The van der Waals surface area contributed by atoms with E-state index in [1.807, 2.05) is 20.8 Å². The summed E-state index contributed by atoms with van der Waals surface area (Å²) < 4.78 is 54.4. The summed E-state index contributed by atoms with van der Waals surface area (Å²) >= 11 is 0. The van der Waals surface area contributed by atoms with Crippen molar-refractivity contribution < 1.29 is 26.4 Å². The van der Waals surface area contributed by atoms with Crippen LogP contribution in [-0.4, -0.2) is 46.9 Å². The molecule has 1 aromatic carbocycles. The van der Waals surface area contributed by atoms with Gasteiger partial charge in [-0.25, -0.2) is 26.6 Å². The lowest BCUT2D eigenvalue weighted by atomic mass is 9.84. The first-order valence-electron chi connectivity index (χ1n) is 8.91. The summed E-state index contributed by atoms with van der Waals surface area (Å²) in [6.07, 6.45) is 1.67. The van der Waals surface area contributed by atoms with E-state index in [-0.39, 0.29) is 18.0 Å². The Morgan fingerprint density at radius 1 is 1.07 bits per heavy atom. The van der Waals surface area contributed by atoms with Gasteiger partial charge >= 0.3 is 5.97 Å². The van der Waals surface area contributed by atoms with Gasteiger partial charge in [0, 0.05) is 5.39 Å². The molecule has 0 aliphatic carbocycles. The second-order valence-corrected chi connectivity index (χ2v) is 11.8. The number of carbonyl (C=O) groups is 1. The fourth-order valence-corrected chi connectivity index (χ4v) is 6.04. The summed E-state index contributed by atoms with van der Waals surface area (Å²) in [5.41, 5.74) is 1.37. The van der Waals surface area contributed by atoms with Crippen LogP contribution in [0.5, 0.6) is 0 Å². The molecule has 0 saturated carbocycles. The maximum atomic E-state index is 12.2. The highest BCUT2D eigenvalue weighted by Crippen LogP contribution is 2.36. The van der Waals surface area contributed by atoms with Gasteiger partial charge in [0.05, 0.1) is 30.3 Å². The largest absolute Gasteiger partial charge is 0.461 e. The van der Waals surface area contributed by atoms with Gasteiger partial charge in [0.2, 0.25) is 20.0 Å². The van der Waals surface area contributed by atoms with Crippen LogP contribution in [0.25, 0.3) is 10.9 Å². The molecular formula is C19H26N2O6S2. The molecule has 1 aromatic heterocycles. The third-order valence-electron chi connectivity index (χ3n) is 4.21. The monoisotopic (exact) mass is 442 g/mol. The van der Waals surface area contributed by atoms with E-state index in [4.69, 9.17) is 4.74 Å². The van der Waals surface area contributed by atoms with Crippen LogP contribution in [0.2, 0.25) is 0 Å². The number of rotatable bonds is 5. The molecule has 8 nitrogen and oxygen atoms in total. The Bertz CT molecular complexity index is 1150. The fraction of sp³-hybridized carbons (Fsp3) is 0.474. The molecule has 2 rings (SSSR count). The lowest BCUT2D eigenvalue weighted by molar-refractivity contribution is 0.0519. The highest BCUT2D eigenvalue weighted by atomic mass is 32.3. The van der Waals surface area contributed by atoms with Crippen LogP contribution in [0.3, 0.4) is 0 Å². The van der Waals surface area contributed by atoms with Crippen LogP contribution < -0.4 is 3.71 Å². The number of nitrogens with zero attached hydrogens (tertiary/aromatic N) is 2. The van der Waals surface area contributed by atoms with Crippen LogP contribution in [0, 0.1) is 6.92 Å². The molecule has 2 aromatic rings. The minimum Gasteiger partial charge on any atom is -0.461 e. The van der Waals surface area contributed by atoms with E-state index in [0.29, 0.717) is 25.7 Å². The zero-order valence-corrected chi connectivity index (χ0v) is 19.2. The van der Waals surface area contributed by atoms with Crippen LogP contribution >= 0.6 is 0 Å². The van der Waals surface area contributed by atoms with E-state index in [9.17, 15) is 21.6 Å². The molecular weight excluding hydrogens is 416 g/mol. The highest BCUT2D eigenvalue weighted by Gasteiger charge is 2.30. The van der Waals surface area contributed by atoms with E-state index in [1.54, 1.807) is 19.9 Å². The molecule has 0 atom stereocenters. The molecule has 0 saturated heterocycles. The number of ether oxygens (including phenoxy) is 1. The summed E-state index contributed by atoms with van der Waals surface area (Å²) in [6, 6.07) is 4.50. The number of aromatic nitrogens is 1. The minimum atomic E-state index is -4.10. The zero-order chi connectivity index (χ0) is 22.4. The summed E-state index contributed by atoms with van der Waals surface area (Å²) in [7, 11) is -8.20. The number of hydrogen-bond acceptors (Lipinski definition) is 7. The van der Waals surface area contributed by atoms with Gasteiger partial charge in [0.1, 0.15) is 5.69 Å². The smallest absolute Gasteiger partial charge is 0.356 e. The number of hydrogen-bond donors (Lipinski definition) is 0. The predicted molar refractivity (Wildman–Crippen MR) is 113 cm³/mol. The molecule has 0 fully saturated rings. The van der Waals surface area contributed by atoms with E-state index in [1.165, 1.54) is 12.1 Å². The Labute approximate surface area is 172 Å². The molecule has 160 valence electrons. The third kappa shape index (κ3) is 4.87. The number of aryl methyl sites for hydroxylation is 1. The van der Waals surface area contributed by atoms with E-state index >= 15 is 0 Å². The Kier molecular flexibility index (Phi) is 6.02. The molecule has 0 amide bonds. The summed E-state index contributed by atoms with van der Waals surface area (Å²) in [6.45, 7) is 9.33. The molecule has 29 heavy (non-hydrogen) atoms. The van der Waals surface area contributed by atoms with Crippen molar-refractivity contribution in [1.82, 2.24) is 4.98 Å². The number of fused-ring (bicyclic) bond motifs is 1. The van der Waals surface area contributed by atoms with E-state index in [2.05, 4.69) is 4.98 Å². The van der Waals surface area contributed by atoms with Crippen molar-refractivity contribution in [3.05, 3.63) is 35.0 Å². The van der Waals surface area contributed by atoms with Crippen molar-refractivity contribution in [3.63, 3.8) is 0 Å². The molecule has 10 heteroatoms. The summed E-state index contributed by atoms with van der Waals surface area (Å²) in [4.78, 5) is 16.6. The fourth-order valence-electron chi connectivity index (χ4n) is 3.09. The number of sulfonamides is 2. The van der Waals surface area contributed by atoms with Crippen LogP contribution in [0.15, 0.2) is 18.2 Å². The zero-order valence-electron chi connectivity index (χ0n) is 17.6. The Hall–Kier alpha value is -2.20. The first-order chi connectivity index (χ1) is 13.1. The minimum absolute atomic E-state index is 0.00112. The number of benzene rings is 1. The summed E-state index contributed by atoms with van der Waals surface area (Å²) in [5, 5.41) is 0.553. The molecule has 0 N–H and O–H groups in total. The average molecular weight is 443 g/mol. The normalized spacial score (nSPS) is 12.8. The second-order valence-electron chi connectivity index (χ2n) is 7.91. The first-order valence-corrected chi connectivity index (χ1v) is 12.6. The van der Waals surface area contributed by atoms with E-state index < -0.39 is 31.4 Å². The van der Waals surface area contributed by atoms with Crippen molar-refractivity contribution in [3.8, 4) is 0 Å². The van der Waals surface area contributed by atoms with Crippen LogP contribution in [0.1, 0.15) is 49.3 Å². The quantitative estimate of drug-likeness (QED) is 0.655. The maximum absolute atomic E-state index is 12.2. The van der Waals surface area contributed by atoms with Crippen molar-refractivity contribution >= 4 is 42.6 Å². The van der Waals surface area contributed by atoms with Crippen LogP contribution in [-0.2, 0) is 30.2 Å². The van der Waals surface area contributed by atoms with Gasteiger partial charge in [-0.2, -0.15) is 3.71 Å². The van der Waals surface area contributed by atoms with Gasteiger partial charge < -0.3 is 4.74 Å². The SMILES string of the molecule is CCOC(=O)c1cc(C)c2cc(N(S(C)(=O)=O)S(C)(=O)=O)cc(C(C)(C)C)c2n1. The molecule has 0 radical (unpaired) electrons. The van der Waals surface area contributed by atoms with Gasteiger partial charge in [-0.3, -0.25) is 0 Å². The molecule has 0 aliphatic rings.